The molecule has 6 aromatic carbocycles. The normalized spacial score (nSPS) is 18.5. The maximum atomic E-state index is 2.42. The molecule has 1 aliphatic rings. The molecule has 0 saturated heterocycles. The number of rotatable bonds is 4. The zero-order valence-corrected chi connectivity index (χ0v) is 24.2. The largest absolute Gasteiger partial charge is 0.316 e. The van der Waals surface area contributed by atoms with Crippen LogP contribution in [0.4, 0.5) is 0 Å². The van der Waals surface area contributed by atoms with E-state index in [1.807, 2.05) is 0 Å². The molecule has 2 aromatic heterocycles. The van der Waals surface area contributed by atoms with Crippen LogP contribution in [0, 0.1) is 0 Å². The zero-order valence-electron chi connectivity index (χ0n) is 24.2. The van der Waals surface area contributed by atoms with E-state index in [2.05, 4.69) is 179 Å². The maximum absolute atomic E-state index is 2.42. The first-order valence-corrected chi connectivity index (χ1v) is 15.4. The third-order valence-corrected chi connectivity index (χ3v) is 9.43. The smallest absolute Gasteiger partial charge is 0.0535 e. The maximum Gasteiger partial charge on any atom is 0.0535 e. The van der Waals surface area contributed by atoms with Crippen molar-refractivity contribution < 1.29 is 0 Å². The Hall–Kier alpha value is -5.60. The fraction of sp³-hybridized carbons (Fsp3) is 0.0476. The van der Waals surface area contributed by atoms with Gasteiger partial charge in [0.1, 0.15) is 0 Å². The highest BCUT2D eigenvalue weighted by molar-refractivity contribution is 6.10. The lowest BCUT2D eigenvalue weighted by molar-refractivity contribution is 0.591. The van der Waals surface area contributed by atoms with Gasteiger partial charge in [-0.15, -0.1) is 0 Å². The molecular formula is C42H30N2. The predicted octanol–water partition coefficient (Wildman–Crippen LogP) is 10.9. The summed E-state index contributed by atoms with van der Waals surface area (Å²) in [5, 5.41) is 5.12. The van der Waals surface area contributed by atoms with E-state index < -0.39 is 0 Å². The van der Waals surface area contributed by atoms with E-state index in [0.717, 1.165) is 0 Å². The van der Waals surface area contributed by atoms with E-state index in [1.54, 1.807) is 0 Å². The van der Waals surface area contributed by atoms with E-state index in [9.17, 15) is 0 Å². The van der Waals surface area contributed by atoms with Gasteiger partial charge < -0.3 is 9.13 Å². The molecule has 2 heterocycles. The molecule has 2 nitrogen and oxygen atoms in total. The molecule has 208 valence electrons. The second-order valence-corrected chi connectivity index (χ2v) is 11.8. The highest BCUT2D eigenvalue weighted by Gasteiger charge is 2.43. The van der Waals surface area contributed by atoms with Crippen LogP contribution in [-0.2, 0) is 0 Å². The number of nitrogens with zero attached hydrogens (tertiary/aromatic N) is 2. The second kappa shape index (κ2) is 10.00. The Kier molecular flexibility index (Phi) is 5.67. The van der Waals surface area contributed by atoms with Crippen molar-refractivity contribution in [1.82, 2.24) is 9.13 Å². The van der Waals surface area contributed by atoms with Gasteiger partial charge in [0, 0.05) is 45.8 Å². The van der Waals surface area contributed by atoms with Crippen LogP contribution in [0.15, 0.2) is 169 Å². The van der Waals surface area contributed by atoms with Gasteiger partial charge in [0.25, 0.3) is 0 Å². The van der Waals surface area contributed by atoms with Crippen LogP contribution in [0.1, 0.15) is 23.0 Å². The van der Waals surface area contributed by atoms with Gasteiger partial charge in [-0.25, -0.2) is 0 Å². The molecule has 0 amide bonds. The molecule has 0 bridgehead atoms. The van der Waals surface area contributed by atoms with Crippen molar-refractivity contribution in [3.05, 3.63) is 180 Å². The summed E-state index contributed by atoms with van der Waals surface area (Å²) in [6, 6.07) is 57.2. The quantitative estimate of drug-likeness (QED) is 0.202. The molecule has 0 radical (unpaired) electrons. The molecule has 0 aliphatic heterocycles. The van der Waals surface area contributed by atoms with Crippen LogP contribution in [0.2, 0.25) is 0 Å². The SMILES string of the molecule is C(=C1/C(=C/n2c3ccccc3c3ccccc32)[C@@H](c2ccccc2)[C@@H]1c1ccccc1)n1c2ccccc2c2ccccc21. The Balaban J connectivity index is 1.36. The molecule has 0 N–H and O–H groups in total. The van der Waals surface area contributed by atoms with Gasteiger partial charge in [-0.3, -0.25) is 0 Å². The summed E-state index contributed by atoms with van der Waals surface area (Å²) in [5.74, 6) is 0.440. The summed E-state index contributed by atoms with van der Waals surface area (Å²) in [6.45, 7) is 0. The van der Waals surface area contributed by atoms with Gasteiger partial charge in [-0.1, -0.05) is 133 Å². The number of hydrogen-bond donors (Lipinski definition) is 0. The van der Waals surface area contributed by atoms with Crippen molar-refractivity contribution >= 4 is 56.0 Å². The Labute approximate surface area is 256 Å². The standard InChI is InChI=1S/C42H30N2/c1-3-15-29(16-4-1)41-35(27-43-37-23-11-7-19-31(37)32-20-8-12-24-38(32)43)36(42(41)30-17-5-2-6-18-30)28-44-39-25-13-9-21-33(39)34-22-10-14-26-40(34)44/h1-28,41-42H/b35-27-,36-28?/t41-,42-/m1/s1. The van der Waals surface area contributed by atoms with E-state index in [0.29, 0.717) is 0 Å². The van der Waals surface area contributed by atoms with Crippen LogP contribution in [0.3, 0.4) is 0 Å². The minimum Gasteiger partial charge on any atom is -0.316 e. The first kappa shape index (κ1) is 24.9. The van der Waals surface area contributed by atoms with Crippen LogP contribution in [-0.4, -0.2) is 9.13 Å². The average molecular weight is 563 g/mol. The van der Waals surface area contributed by atoms with Crippen molar-refractivity contribution in [3.8, 4) is 0 Å². The van der Waals surface area contributed by atoms with Gasteiger partial charge in [-0.2, -0.15) is 0 Å². The first-order valence-electron chi connectivity index (χ1n) is 15.4. The van der Waals surface area contributed by atoms with Crippen LogP contribution >= 0.6 is 0 Å². The van der Waals surface area contributed by atoms with Gasteiger partial charge in [-0.05, 0) is 46.5 Å². The minimum absolute atomic E-state index is 0.220. The first-order chi connectivity index (χ1) is 21.9. The molecule has 2 atom stereocenters. The van der Waals surface area contributed by atoms with E-state index >= 15 is 0 Å². The number of allylic oxidation sites excluding steroid dienone is 2. The van der Waals surface area contributed by atoms with Gasteiger partial charge in [0.05, 0.1) is 22.1 Å². The monoisotopic (exact) mass is 562 g/mol. The van der Waals surface area contributed by atoms with Gasteiger partial charge >= 0.3 is 0 Å². The zero-order chi connectivity index (χ0) is 29.0. The Bertz CT molecular complexity index is 2110. The molecule has 0 unspecified atom stereocenters. The fourth-order valence-electron chi connectivity index (χ4n) is 7.46. The Morgan fingerprint density at radius 2 is 0.591 bits per heavy atom. The van der Waals surface area contributed by atoms with Gasteiger partial charge in [0.15, 0.2) is 0 Å². The summed E-state index contributed by atoms with van der Waals surface area (Å²) in [6.07, 6.45) is 4.84. The molecule has 44 heavy (non-hydrogen) atoms. The van der Waals surface area contributed by atoms with E-state index in [1.165, 1.54) is 65.9 Å². The molecule has 1 aliphatic carbocycles. The third kappa shape index (κ3) is 3.74. The molecule has 0 spiro atoms. The lowest BCUT2D eigenvalue weighted by atomic mass is 9.60. The van der Waals surface area contributed by atoms with Gasteiger partial charge in [0.2, 0.25) is 0 Å². The van der Waals surface area contributed by atoms with E-state index in [-0.39, 0.29) is 11.8 Å². The summed E-state index contributed by atoms with van der Waals surface area (Å²) in [5.41, 5.74) is 10.3. The highest BCUT2D eigenvalue weighted by Crippen LogP contribution is 2.58. The summed E-state index contributed by atoms with van der Waals surface area (Å²) < 4.78 is 4.83. The summed E-state index contributed by atoms with van der Waals surface area (Å²) >= 11 is 0. The molecule has 1 saturated carbocycles. The second-order valence-electron chi connectivity index (χ2n) is 11.8. The number of para-hydroxylation sites is 4. The summed E-state index contributed by atoms with van der Waals surface area (Å²) in [4.78, 5) is 0. The Morgan fingerprint density at radius 1 is 0.318 bits per heavy atom. The van der Waals surface area contributed by atoms with Crippen LogP contribution < -0.4 is 0 Å². The van der Waals surface area contributed by atoms with Crippen molar-refractivity contribution in [1.29, 1.82) is 0 Å². The lowest BCUT2D eigenvalue weighted by Gasteiger charge is -2.44. The fourth-order valence-corrected chi connectivity index (χ4v) is 7.46. The molecular weight excluding hydrogens is 532 g/mol. The Morgan fingerprint density at radius 3 is 0.909 bits per heavy atom. The number of benzene rings is 6. The average Bonchev–Trinajstić information content (AvgIpc) is 3.58. The number of hydrogen-bond acceptors (Lipinski definition) is 0. The minimum atomic E-state index is 0.220. The predicted molar refractivity (Wildman–Crippen MR) is 186 cm³/mol. The lowest BCUT2D eigenvalue weighted by Crippen LogP contribution is -2.29. The van der Waals surface area contributed by atoms with Crippen molar-refractivity contribution in [3.63, 3.8) is 0 Å². The molecule has 8 aromatic rings. The van der Waals surface area contributed by atoms with Crippen molar-refractivity contribution in [2.24, 2.45) is 0 Å². The van der Waals surface area contributed by atoms with Crippen molar-refractivity contribution in [2.75, 3.05) is 0 Å². The number of aromatic nitrogens is 2. The van der Waals surface area contributed by atoms with E-state index in [4.69, 9.17) is 0 Å². The molecule has 9 rings (SSSR count). The number of fused-ring (bicyclic) bond motifs is 6. The molecule has 2 heteroatoms. The van der Waals surface area contributed by atoms with Crippen LogP contribution in [0.25, 0.3) is 56.0 Å². The van der Waals surface area contributed by atoms with Crippen molar-refractivity contribution in [2.45, 2.75) is 11.8 Å². The van der Waals surface area contributed by atoms with Crippen LogP contribution in [0.5, 0.6) is 0 Å². The summed E-state index contributed by atoms with van der Waals surface area (Å²) in [7, 11) is 0. The molecule has 1 fully saturated rings. The topological polar surface area (TPSA) is 9.86 Å². The third-order valence-electron chi connectivity index (χ3n) is 9.43. The highest BCUT2D eigenvalue weighted by atomic mass is 15.0.